The lowest BCUT2D eigenvalue weighted by Crippen LogP contribution is -2.07. The second-order valence-corrected chi connectivity index (χ2v) is 6.62. The van der Waals surface area contributed by atoms with Gasteiger partial charge in [0, 0.05) is 5.92 Å². The zero-order chi connectivity index (χ0) is 17.1. The van der Waals surface area contributed by atoms with Gasteiger partial charge in [0.05, 0.1) is 5.92 Å². The molecule has 0 radical (unpaired) electrons. The number of aryl methyl sites for hydroxylation is 3. The lowest BCUT2D eigenvalue weighted by atomic mass is 9.86. The van der Waals surface area contributed by atoms with Gasteiger partial charge < -0.3 is 13.3 Å². The summed E-state index contributed by atoms with van der Waals surface area (Å²) < 4.78 is 17.8. The summed E-state index contributed by atoms with van der Waals surface area (Å²) in [6, 6.07) is 12.3. The molecule has 1 unspecified atom stereocenters. The van der Waals surface area contributed by atoms with E-state index in [1.165, 1.54) is 0 Å². The fourth-order valence-corrected chi connectivity index (χ4v) is 3.34. The molecular formula is C21H26O3. The second kappa shape index (κ2) is 7.16. The Hall–Kier alpha value is -2.16. The first kappa shape index (κ1) is 16.7. The van der Waals surface area contributed by atoms with Crippen LogP contribution in [0.2, 0.25) is 0 Å². The van der Waals surface area contributed by atoms with Crippen molar-refractivity contribution >= 4 is 0 Å². The Morgan fingerprint density at radius 2 is 1.17 bits per heavy atom. The molecule has 3 heteroatoms. The van der Waals surface area contributed by atoms with Gasteiger partial charge in [-0.25, -0.2) is 0 Å². The van der Waals surface area contributed by atoms with Crippen molar-refractivity contribution in [2.24, 2.45) is 0 Å². The molecule has 0 aromatic carbocycles. The van der Waals surface area contributed by atoms with E-state index < -0.39 is 0 Å². The highest BCUT2D eigenvalue weighted by atomic mass is 16.4. The summed E-state index contributed by atoms with van der Waals surface area (Å²) in [5.41, 5.74) is 0. The Labute approximate surface area is 143 Å². The van der Waals surface area contributed by atoms with Gasteiger partial charge in [-0.1, -0.05) is 13.3 Å². The Morgan fingerprint density at radius 3 is 1.54 bits per heavy atom. The highest BCUT2D eigenvalue weighted by Gasteiger charge is 2.27. The van der Waals surface area contributed by atoms with Crippen LogP contribution in [0.15, 0.2) is 49.6 Å². The van der Waals surface area contributed by atoms with Crippen LogP contribution in [0.25, 0.3) is 0 Å². The van der Waals surface area contributed by atoms with Crippen molar-refractivity contribution in [3.05, 3.63) is 71.0 Å². The molecular weight excluding hydrogens is 300 g/mol. The molecule has 3 aromatic heterocycles. The van der Waals surface area contributed by atoms with Crippen LogP contribution in [0.5, 0.6) is 0 Å². The van der Waals surface area contributed by atoms with E-state index in [1.54, 1.807) is 0 Å². The average molecular weight is 326 g/mol. The highest BCUT2D eigenvalue weighted by molar-refractivity contribution is 5.24. The van der Waals surface area contributed by atoms with E-state index in [0.717, 1.165) is 53.8 Å². The Morgan fingerprint density at radius 1 is 0.708 bits per heavy atom. The predicted octanol–water partition coefficient (Wildman–Crippen LogP) is 6.50. The zero-order valence-electron chi connectivity index (χ0n) is 15.0. The smallest absolute Gasteiger partial charge is 0.114 e. The monoisotopic (exact) mass is 326 g/mol. The molecule has 128 valence electrons. The standard InChI is InChI=1S/C21H26O3/c1-5-6-17(19-10-7-14(2)22-19)13-18(20-11-8-15(3)23-20)21-12-9-16(4)24-21/h7-12,17-18H,5-6,13H2,1-4H3. The maximum atomic E-state index is 5.94. The van der Waals surface area contributed by atoms with Crippen LogP contribution in [0.4, 0.5) is 0 Å². The van der Waals surface area contributed by atoms with Crippen molar-refractivity contribution < 1.29 is 13.3 Å². The van der Waals surface area contributed by atoms with E-state index in [0.29, 0.717) is 5.92 Å². The van der Waals surface area contributed by atoms with Gasteiger partial charge in [-0.2, -0.15) is 0 Å². The molecule has 0 bridgehead atoms. The molecule has 0 spiro atoms. The molecule has 0 amide bonds. The summed E-state index contributed by atoms with van der Waals surface area (Å²) in [4.78, 5) is 0. The van der Waals surface area contributed by atoms with Crippen LogP contribution in [-0.4, -0.2) is 0 Å². The SMILES string of the molecule is CCCC(CC(c1ccc(C)o1)c1ccc(C)o1)c1ccc(C)o1. The minimum absolute atomic E-state index is 0.106. The van der Waals surface area contributed by atoms with Crippen molar-refractivity contribution in [2.75, 3.05) is 0 Å². The minimum Gasteiger partial charge on any atom is -0.466 e. The van der Waals surface area contributed by atoms with E-state index in [4.69, 9.17) is 13.3 Å². The molecule has 0 fully saturated rings. The topological polar surface area (TPSA) is 39.4 Å². The third-order valence-corrected chi connectivity index (χ3v) is 4.53. The van der Waals surface area contributed by atoms with Gasteiger partial charge >= 0.3 is 0 Å². The average Bonchev–Trinajstić information content (AvgIpc) is 3.26. The van der Waals surface area contributed by atoms with Gasteiger partial charge in [-0.05, 0) is 70.0 Å². The van der Waals surface area contributed by atoms with Crippen LogP contribution in [-0.2, 0) is 0 Å². The fourth-order valence-electron chi connectivity index (χ4n) is 3.34. The van der Waals surface area contributed by atoms with Crippen LogP contribution in [0, 0.1) is 20.8 Å². The molecule has 0 saturated heterocycles. The largest absolute Gasteiger partial charge is 0.466 e. The van der Waals surface area contributed by atoms with Gasteiger partial charge in [0.15, 0.2) is 0 Å². The molecule has 0 aliphatic carbocycles. The normalized spacial score (nSPS) is 12.9. The van der Waals surface area contributed by atoms with Crippen LogP contribution >= 0.6 is 0 Å². The Bertz CT molecular complexity index is 734. The van der Waals surface area contributed by atoms with Crippen molar-refractivity contribution in [3.63, 3.8) is 0 Å². The third-order valence-electron chi connectivity index (χ3n) is 4.53. The van der Waals surface area contributed by atoms with Crippen LogP contribution in [0.1, 0.15) is 72.6 Å². The lowest BCUT2D eigenvalue weighted by molar-refractivity contribution is 0.353. The van der Waals surface area contributed by atoms with E-state index in [1.807, 2.05) is 39.0 Å². The molecule has 1 atom stereocenters. The van der Waals surface area contributed by atoms with Gasteiger partial charge in [0.25, 0.3) is 0 Å². The fraction of sp³-hybridized carbons (Fsp3) is 0.429. The number of rotatable bonds is 7. The highest BCUT2D eigenvalue weighted by Crippen LogP contribution is 2.39. The van der Waals surface area contributed by atoms with Gasteiger partial charge in [-0.15, -0.1) is 0 Å². The molecule has 3 aromatic rings. The number of hydrogen-bond acceptors (Lipinski definition) is 3. The second-order valence-electron chi connectivity index (χ2n) is 6.62. The Balaban J connectivity index is 1.92. The van der Waals surface area contributed by atoms with E-state index in [2.05, 4.69) is 25.1 Å². The lowest BCUT2D eigenvalue weighted by Gasteiger charge is -2.19. The van der Waals surface area contributed by atoms with Gasteiger partial charge in [0.1, 0.15) is 34.6 Å². The van der Waals surface area contributed by atoms with Gasteiger partial charge in [0.2, 0.25) is 0 Å². The summed E-state index contributed by atoms with van der Waals surface area (Å²) >= 11 is 0. The first-order valence-electron chi connectivity index (χ1n) is 8.75. The van der Waals surface area contributed by atoms with E-state index in [9.17, 15) is 0 Å². The maximum Gasteiger partial charge on any atom is 0.114 e. The number of furan rings is 3. The van der Waals surface area contributed by atoms with Crippen molar-refractivity contribution in [1.29, 1.82) is 0 Å². The third kappa shape index (κ3) is 3.66. The van der Waals surface area contributed by atoms with E-state index in [-0.39, 0.29) is 5.92 Å². The molecule has 0 aliphatic rings. The summed E-state index contributed by atoms with van der Waals surface area (Å²) in [5, 5.41) is 0. The molecule has 0 saturated carbocycles. The first-order chi connectivity index (χ1) is 11.6. The van der Waals surface area contributed by atoms with Crippen LogP contribution in [0.3, 0.4) is 0 Å². The maximum absolute atomic E-state index is 5.94. The summed E-state index contributed by atoms with van der Waals surface area (Å²) in [6.45, 7) is 8.17. The first-order valence-corrected chi connectivity index (χ1v) is 8.75. The molecule has 3 rings (SSSR count). The summed E-state index contributed by atoms with van der Waals surface area (Å²) in [6.07, 6.45) is 3.12. The van der Waals surface area contributed by atoms with E-state index >= 15 is 0 Å². The van der Waals surface area contributed by atoms with Crippen molar-refractivity contribution in [1.82, 2.24) is 0 Å². The predicted molar refractivity (Wildman–Crippen MR) is 94.4 cm³/mol. The van der Waals surface area contributed by atoms with Gasteiger partial charge in [-0.3, -0.25) is 0 Å². The summed E-state index contributed by atoms with van der Waals surface area (Å²) in [5.74, 6) is 6.27. The number of hydrogen-bond donors (Lipinski definition) is 0. The molecule has 0 aliphatic heterocycles. The zero-order valence-corrected chi connectivity index (χ0v) is 15.0. The minimum atomic E-state index is 0.106. The van der Waals surface area contributed by atoms with Crippen LogP contribution < -0.4 is 0 Å². The molecule has 3 heterocycles. The Kier molecular flexibility index (Phi) is 4.98. The van der Waals surface area contributed by atoms with Crippen molar-refractivity contribution in [3.8, 4) is 0 Å². The molecule has 3 nitrogen and oxygen atoms in total. The summed E-state index contributed by atoms with van der Waals surface area (Å²) in [7, 11) is 0. The molecule has 24 heavy (non-hydrogen) atoms. The molecule has 0 N–H and O–H groups in total. The van der Waals surface area contributed by atoms with Crippen molar-refractivity contribution in [2.45, 2.75) is 58.8 Å². The quantitative estimate of drug-likeness (QED) is 0.497.